The predicted octanol–water partition coefficient (Wildman–Crippen LogP) is 3.13. The molecule has 0 aliphatic carbocycles. The number of nitrogens with one attached hydrogen (secondary N) is 1. The van der Waals surface area contributed by atoms with E-state index in [2.05, 4.69) is 56.1 Å². The van der Waals surface area contributed by atoms with Crippen molar-refractivity contribution in [2.75, 3.05) is 18.0 Å². The number of para-hydroxylation sites is 1. The van der Waals surface area contributed by atoms with Crippen LogP contribution in [0.2, 0.25) is 0 Å². The number of nitrogens with zero attached hydrogens (tertiary/aromatic N) is 1. The van der Waals surface area contributed by atoms with E-state index in [9.17, 15) is 0 Å². The van der Waals surface area contributed by atoms with Crippen molar-refractivity contribution >= 4 is 5.69 Å². The van der Waals surface area contributed by atoms with Gasteiger partial charge in [-0.1, -0.05) is 25.1 Å². The SMILES string of the molecule is CCc1cccc(C)c1N1CCC(C)NCC1C. The molecule has 0 radical (unpaired) electrons. The monoisotopic (exact) mass is 246 g/mol. The van der Waals surface area contributed by atoms with Gasteiger partial charge in [0.15, 0.2) is 0 Å². The smallest absolute Gasteiger partial charge is 0.0431 e. The van der Waals surface area contributed by atoms with E-state index >= 15 is 0 Å². The van der Waals surface area contributed by atoms with E-state index in [1.165, 1.54) is 23.2 Å². The molecule has 18 heavy (non-hydrogen) atoms. The number of hydrogen-bond acceptors (Lipinski definition) is 2. The maximum Gasteiger partial charge on any atom is 0.0431 e. The maximum absolute atomic E-state index is 3.61. The molecule has 1 fully saturated rings. The van der Waals surface area contributed by atoms with Crippen LogP contribution in [0.4, 0.5) is 5.69 Å². The lowest BCUT2D eigenvalue weighted by atomic mass is 10.0. The highest BCUT2D eigenvalue weighted by atomic mass is 15.2. The van der Waals surface area contributed by atoms with Gasteiger partial charge in [0.25, 0.3) is 0 Å². The first-order valence-corrected chi connectivity index (χ1v) is 7.22. The van der Waals surface area contributed by atoms with Crippen LogP contribution in [0.3, 0.4) is 0 Å². The molecule has 2 nitrogen and oxygen atoms in total. The van der Waals surface area contributed by atoms with Crippen molar-refractivity contribution < 1.29 is 0 Å². The molecular formula is C16H26N2. The molecule has 1 heterocycles. The molecule has 2 rings (SSSR count). The van der Waals surface area contributed by atoms with Crippen LogP contribution in [0.15, 0.2) is 18.2 Å². The van der Waals surface area contributed by atoms with Crippen molar-refractivity contribution in [2.45, 2.75) is 52.6 Å². The number of hydrogen-bond donors (Lipinski definition) is 1. The highest BCUT2D eigenvalue weighted by molar-refractivity contribution is 5.60. The number of aryl methyl sites for hydroxylation is 2. The molecule has 100 valence electrons. The summed E-state index contributed by atoms with van der Waals surface area (Å²) in [6.07, 6.45) is 2.34. The second kappa shape index (κ2) is 5.75. The molecule has 1 aromatic rings. The van der Waals surface area contributed by atoms with E-state index in [-0.39, 0.29) is 0 Å². The molecule has 0 bridgehead atoms. The molecule has 1 aliphatic heterocycles. The van der Waals surface area contributed by atoms with Crippen LogP contribution in [0.1, 0.15) is 38.3 Å². The Balaban J connectivity index is 2.34. The van der Waals surface area contributed by atoms with Crippen LogP contribution >= 0.6 is 0 Å². The molecule has 0 aromatic heterocycles. The van der Waals surface area contributed by atoms with Gasteiger partial charge < -0.3 is 10.2 Å². The summed E-state index contributed by atoms with van der Waals surface area (Å²) in [5.41, 5.74) is 4.37. The maximum atomic E-state index is 3.61. The van der Waals surface area contributed by atoms with Crippen LogP contribution in [0.25, 0.3) is 0 Å². The number of benzene rings is 1. The van der Waals surface area contributed by atoms with Crippen molar-refractivity contribution in [3.63, 3.8) is 0 Å². The highest BCUT2D eigenvalue weighted by Crippen LogP contribution is 2.28. The summed E-state index contributed by atoms with van der Waals surface area (Å²) < 4.78 is 0. The van der Waals surface area contributed by atoms with Gasteiger partial charge in [-0.2, -0.15) is 0 Å². The molecule has 2 unspecified atom stereocenters. The zero-order valence-corrected chi connectivity index (χ0v) is 12.2. The number of anilines is 1. The predicted molar refractivity (Wildman–Crippen MR) is 79.4 cm³/mol. The van der Waals surface area contributed by atoms with Gasteiger partial charge >= 0.3 is 0 Å². The minimum absolute atomic E-state index is 0.571. The lowest BCUT2D eigenvalue weighted by molar-refractivity contribution is 0.548. The quantitative estimate of drug-likeness (QED) is 0.862. The molecule has 0 spiro atoms. The minimum Gasteiger partial charge on any atom is -0.367 e. The van der Waals surface area contributed by atoms with Crippen LogP contribution in [0, 0.1) is 6.92 Å². The highest BCUT2D eigenvalue weighted by Gasteiger charge is 2.22. The van der Waals surface area contributed by atoms with Crippen LogP contribution in [0.5, 0.6) is 0 Å². The van der Waals surface area contributed by atoms with Gasteiger partial charge in [-0.15, -0.1) is 0 Å². The van der Waals surface area contributed by atoms with Crippen molar-refractivity contribution in [3.05, 3.63) is 29.3 Å². The fourth-order valence-corrected chi connectivity index (χ4v) is 2.89. The summed E-state index contributed by atoms with van der Waals surface area (Å²) in [5.74, 6) is 0. The second-order valence-electron chi connectivity index (χ2n) is 5.58. The standard InChI is InChI=1S/C16H26N2/c1-5-15-8-6-7-12(2)16(15)18-10-9-13(3)17-11-14(18)4/h6-8,13-14,17H,5,9-11H2,1-4H3. The third-order valence-corrected chi connectivity index (χ3v) is 4.09. The fraction of sp³-hybridized carbons (Fsp3) is 0.625. The Morgan fingerprint density at radius 2 is 2.11 bits per heavy atom. The average Bonchev–Trinajstić information content (AvgIpc) is 2.52. The van der Waals surface area contributed by atoms with E-state index in [1.807, 2.05) is 0 Å². The van der Waals surface area contributed by atoms with E-state index in [1.54, 1.807) is 0 Å². The van der Waals surface area contributed by atoms with Gasteiger partial charge in [0, 0.05) is 30.9 Å². The molecule has 0 saturated carbocycles. The summed E-state index contributed by atoms with van der Waals surface area (Å²) in [6.45, 7) is 11.3. The fourth-order valence-electron chi connectivity index (χ4n) is 2.89. The third-order valence-electron chi connectivity index (χ3n) is 4.09. The molecule has 2 heteroatoms. The largest absolute Gasteiger partial charge is 0.367 e. The van der Waals surface area contributed by atoms with Gasteiger partial charge in [0.1, 0.15) is 0 Å². The van der Waals surface area contributed by atoms with Crippen LogP contribution < -0.4 is 10.2 Å². The Labute approximate surface area is 111 Å². The summed E-state index contributed by atoms with van der Waals surface area (Å²) in [6, 6.07) is 7.90. The molecule has 1 saturated heterocycles. The minimum atomic E-state index is 0.571. The van der Waals surface area contributed by atoms with Gasteiger partial charge in [0.2, 0.25) is 0 Å². The summed E-state index contributed by atoms with van der Waals surface area (Å²) in [5, 5.41) is 3.61. The lowest BCUT2D eigenvalue weighted by Gasteiger charge is -2.32. The molecular weight excluding hydrogens is 220 g/mol. The van der Waals surface area contributed by atoms with Crippen molar-refractivity contribution in [1.29, 1.82) is 0 Å². The molecule has 2 atom stereocenters. The van der Waals surface area contributed by atoms with Gasteiger partial charge in [0.05, 0.1) is 0 Å². The Bertz CT molecular complexity index is 400. The van der Waals surface area contributed by atoms with Gasteiger partial charge in [-0.25, -0.2) is 0 Å². The Kier molecular flexibility index (Phi) is 4.28. The van der Waals surface area contributed by atoms with E-state index < -0.39 is 0 Å². The first-order chi connectivity index (χ1) is 8.63. The zero-order chi connectivity index (χ0) is 13.1. The normalized spacial score (nSPS) is 25.0. The summed E-state index contributed by atoms with van der Waals surface area (Å²) in [4.78, 5) is 2.60. The lowest BCUT2D eigenvalue weighted by Crippen LogP contribution is -2.38. The van der Waals surface area contributed by atoms with E-state index in [4.69, 9.17) is 0 Å². The van der Waals surface area contributed by atoms with Crippen LogP contribution in [-0.4, -0.2) is 25.2 Å². The Morgan fingerprint density at radius 1 is 1.33 bits per heavy atom. The summed E-state index contributed by atoms with van der Waals surface area (Å²) >= 11 is 0. The Hall–Kier alpha value is -1.02. The average molecular weight is 246 g/mol. The van der Waals surface area contributed by atoms with E-state index in [0.717, 1.165) is 19.5 Å². The van der Waals surface area contributed by atoms with E-state index in [0.29, 0.717) is 12.1 Å². The molecule has 1 N–H and O–H groups in total. The number of rotatable bonds is 2. The first kappa shape index (κ1) is 13.4. The van der Waals surface area contributed by atoms with Crippen LogP contribution in [-0.2, 0) is 6.42 Å². The van der Waals surface area contributed by atoms with Crippen molar-refractivity contribution in [3.8, 4) is 0 Å². The molecule has 0 amide bonds. The first-order valence-electron chi connectivity index (χ1n) is 7.22. The van der Waals surface area contributed by atoms with Gasteiger partial charge in [-0.3, -0.25) is 0 Å². The zero-order valence-electron chi connectivity index (χ0n) is 12.2. The molecule has 1 aromatic carbocycles. The van der Waals surface area contributed by atoms with Gasteiger partial charge in [-0.05, 0) is 44.7 Å². The Morgan fingerprint density at radius 3 is 2.83 bits per heavy atom. The molecule has 1 aliphatic rings. The topological polar surface area (TPSA) is 15.3 Å². The van der Waals surface area contributed by atoms with Crippen molar-refractivity contribution in [1.82, 2.24) is 5.32 Å². The summed E-state index contributed by atoms with van der Waals surface area (Å²) in [7, 11) is 0. The third kappa shape index (κ3) is 2.69. The second-order valence-corrected chi connectivity index (χ2v) is 5.58. The van der Waals surface area contributed by atoms with Crippen molar-refractivity contribution in [2.24, 2.45) is 0 Å².